The fourth-order valence-corrected chi connectivity index (χ4v) is 3.76. The van der Waals surface area contributed by atoms with Crippen molar-refractivity contribution in [1.29, 1.82) is 0 Å². The molecule has 2 heteroatoms. The molecule has 0 bridgehead atoms. The van der Waals surface area contributed by atoms with Crippen molar-refractivity contribution in [2.45, 2.75) is 46.1 Å². The molecule has 21 heavy (non-hydrogen) atoms. The number of nitrogens with one attached hydrogen (secondary N) is 1. The molecule has 1 saturated heterocycles. The summed E-state index contributed by atoms with van der Waals surface area (Å²) in [6, 6.07) is 11.4. The molecule has 3 unspecified atom stereocenters. The number of hydrogen-bond acceptors (Lipinski definition) is 2. The van der Waals surface area contributed by atoms with Crippen molar-refractivity contribution in [1.82, 2.24) is 10.2 Å². The SMILES string of the molecule is CCCC1CCN(CC(C)C(NCC)c2ccccc2)C1. The van der Waals surface area contributed by atoms with Gasteiger partial charge in [-0.3, -0.25) is 0 Å². The summed E-state index contributed by atoms with van der Waals surface area (Å²) in [4.78, 5) is 2.68. The summed E-state index contributed by atoms with van der Waals surface area (Å²) in [5, 5.41) is 3.68. The lowest BCUT2D eigenvalue weighted by Gasteiger charge is -2.29. The fourth-order valence-electron chi connectivity index (χ4n) is 3.76. The third-order valence-corrected chi connectivity index (χ3v) is 4.76. The first kappa shape index (κ1) is 16.5. The van der Waals surface area contributed by atoms with Crippen molar-refractivity contribution in [3.8, 4) is 0 Å². The number of benzene rings is 1. The highest BCUT2D eigenvalue weighted by Gasteiger charge is 2.26. The quantitative estimate of drug-likeness (QED) is 0.775. The van der Waals surface area contributed by atoms with Gasteiger partial charge in [-0.1, -0.05) is 57.5 Å². The lowest BCUT2D eigenvalue weighted by atomic mass is 9.94. The van der Waals surface area contributed by atoms with Gasteiger partial charge in [0, 0.05) is 19.1 Å². The lowest BCUT2D eigenvalue weighted by molar-refractivity contribution is 0.240. The van der Waals surface area contributed by atoms with Crippen molar-refractivity contribution >= 4 is 0 Å². The molecule has 0 amide bonds. The van der Waals surface area contributed by atoms with Crippen LogP contribution in [0.4, 0.5) is 0 Å². The van der Waals surface area contributed by atoms with E-state index in [1.165, 1.54) is 44.5 Å². The van der Waals surface area contributed by atoms with E-state index < -0.39 is 0 Å². The average molecular weight is 288 g/mol. The molecule has 1 aromatic carbocycles. The molecule has 2 nitrogen and oxygen atoms in total. The van der Waals surface area contributed by atoms with Crippen LogP contribution in [-0.2, 0) is 0 Å². The van der Waals surface area contributed by atoms with Crippen molar-refractivity contribution in [3.05, 3.63) is 35.9 Å². The van der Waals surface area contributed by atoms with Gasteiger partial charge in [0.1, 0.15) is 0 Å². The summed E-state index contributed by atoms with van der Waals surface area (Å²) in [5.74, 6) is 1.59. The molecule has 1 heterocycles. The van der Waals surface area contributed by atoms with Gasteiger partial charge < -0.3 is 10.2 Å². The smallest absolute Gasteiger partial charge is 0.0358 e. The standard InChI is InChI=1S/C19H32N2/c1-4-9-17-12-13-21(15-17)14-16(3)19(20-5-2)18-10-7-6-8-11-18/h6-8,10-11,16-17,19-20H,4-5,9,12-15H2,1-3H3. The third-order valence-electron chi connectivity index (χ3n) is 4.76. The van der Waals surface area contributed by atoms with Gasteiger partial charge in [-0.25, -0.2) is 0 Å². The van der Waals surface area contributed by atoms with Gasteiger partial charge >= 0.3 is 0 Å². The van der Waals surface area contributed by atoms with Gasteiger partial charge in [0.2, 0.25) is 0 Å². The Bertz CT molecular complexity index is 390. The van der Waals surface area contributed by atoms with E-state index in [1.54, 1.807) is 0 Å². The van der Waals surface area contributed by atoms with E-state index in [9.17, 15) is 0 Å². The van der Waals surface area contributed by atoms with E-state index in [0.29, 0.717) is 12.0 Å². The number of nitrogens with zero attached hydrogens (tertiary/aromatic N) is 1. The molecule has 118 valence electrons. The zero-order valence-electron chi connectivity index (χ0n) is 14.0. The Balaban J connectivity index is 1.92. The predicted molar refractivity (Wildman–Crippen MR) is 91.5 cm³/mol. The molecular weight excluding hydrogens is 256 g/mol. The molecule has 1 aliphatic rings. The normalized spacial score (nSPS) is 22.3. The first-order valence-electron chi connectivity index (χ1n) is 8.75. The van der Waals surface area contributed by atoms with Crippen LogP contribution in [0, 0.1) is 11.8 Å². The Hall–Kier alpha value is -0.860. The Kier molecular flexibility index (Phi) is 6.72. The highest BCUT2D eigenvalue weighted by molar-refractivity contribution is 5.19. The highest BCUT2D eigenvalue weighted by Crippen LogP contribution is 2.26. The molecule has 1 aliphatic heterocycles. The van der Waals surface area contributed by atoms with Gasteiger partial charge in [-0.2, -0.15) is 0 Å². The van der Waals surface area contributed by atoms with Crippen LogP contribution in [0.25, 0.3) is 0 Å². The van der Waals surface area contributed by atoms with Crippen molar-refractivity contribution in [2.24, 2.45) is 11.8 Å². The third kappa shape index (κ3) is 4.82. The Morgan fingerprint density at radius 3 is 2.67 bits per heavy atom. The minimum Gasteiger partial charge on any atom is -0.310 e. The van der Waals surface area contributed by atoms with Crippen LogP contribution in [0.1, 0.15) is 51.6 Å². The second-order valence-electron chi connectivity index (χ2n) is 6.63. The van der Waals surface area contributed by atoms with E-state index >= 15 is 0 Å². The van der Waals surface area contributed by atoms with Crippen LogP contribution in [-0.4, -0.2) is 31.1 Å². The summed E-state index contributed by atoms with van der Waals surface area (Å²) in [6.07, 6.45) is 4.13. The second-order valence-corrected chi connectivity index (χ2v) is 6.63. The summed E-state index contributed by atoms with van der Waals surface area (Å²) in [7, 11) is 0. The van der Waals surface area contributed by atoms with Crippen LogP contribution in [0.15, 0.2) is 30.3 Å². The van der Waals surface area contributed by atoms with Gasteiger partial charge in [-0.05, 0) is 43.3 Å². The second kappa shape index (κ2) is 8.55. The van der Waals surface area contributed by atoms with Crippen molar-refractivity contribution in [2.75, 3.05) is 26.2 Å². The van der Waals surface area contributed by atoms with E-state index in [0.717, 1.165) is 12.5 Å². The first-order valence-corrected chi connectivity index (χ1v) is 8.75. The Morgan fingerprint density at radius 1 is 1.24 bits per heavy atom. The Labute approximate surface area is 130 Å². The zero-order valence-corrected chi connectivity index (χ0v) is 14.0. The van der Waals surface area contributed by atoms with Crippen LogP contribution < -0.4 is 5.32 Å². The van der Waals surface area contributed by atoms with E-state index in [1.807, 2.05) is 0 Å². The van der Waals surface area contributed by atoms with Crippen molar-refractivity contribution < 1.29 is 0 Å². The Morgan fingerprint density at radius 2 is 2.00 bits per heavy atom. The van der Waals surface area contributed by atoms with E-state index in [-0.39, 0.29) is 0 Å². The molecule has 0 aromatic heterocycles. The maximum absolute atomic E-state index is 3.68. The minimum atomic E-state index is 0.474. The predicted octanol–water partition coefficient (Wildman–Crippen LogP) is 4.10. The fraction of sp³-hybridized carbons (Fsp3) is 0.684. The maximum Gasteiger partial charge on any atom is 0.0358 e. The minimum absolute atomic E-state index is 0.474. The molecule has 0 spiro atoms. The number of rotatable bonds is 8. The van der Waals surface area contributed by atoms with Gasteiger partial charge in [0.25, 0.3) is 0 Å². The molecule has 1 aromatic rings. The van der Waals surface area contributed by atoms with Crippen LogP contribution in [0.3, 0.4) is 0 Å². The van der Waals surface area contributed by atoms with Gasteiger partial charge in [0.15, 0.2) is 0 Å². The maximum atomic E-state index is 3.68. The monoisotopic (exact) mass is 288 g/mol. The molecule has 3 atom stereocenters. The van der Waals surface area contributed by atoms with Gasteiger partial charge in [0.05, 0.1) is 0 Å². The molecular formula is C19H32N2. The zero-order chi connectivity index (χ0) is 15.1. The van der Waals surface area contributed by atoms with Crippen LogP contribution >= 0.6 is 0 Å². The molecule has 1 N–H and O–H groups in total. The molecule has 0 saturated carbocycles. The van der Waals surface area contributed by atoms with Crippen LogP contribution in [0.5, 0.6) is 0 Å². The number of hydrogen-bond donors (Lipinski definition) is 1. The van der Waals surface area contributed by atoms with Crippen LogP contribution in [0.2, 0.25) is 0 Å². The average Bonchev–Trinajstić information content (AvgIpc) is 2.93. The highest BCUT2D eigenvalue weighted by atomic mass is 15.1. The van der Waals surface area contributed by atoms with E-state index in [2.05, 4.69) is 61.3 Å². The molecule has 2 rings (SSSR count). The first-order chi connectivity index (χ1) is 10.2. The molecule has 0 radical (unpaired) electrons. The molecule has 1 fully saturated rings. The van der Waals surface area contributed by atoms with Crippen molar-refractivity contribution in [3.63, 3.8) is 0 Å². The summed E-state index contributed by atoms with van der Waals surface area (Å²) in [5.41, 5.74) is 1.43. The lowest BCUT2D eigenvalue weighted by Crippen LogP contribution is -2.35. The summed E-state index contributed by atoms with van der Waals surface area (Å²) < 4.78 is 0. The molecule has 0 aliphatic carbocycles. The largest absolute Gasteiger partial charge is 0.310 e. The topological polar surface area (TPSA) is 15.3 Å². The summed E-state index contributed by atoms with van der Waals surface area (Å²) in [6.45, 7) is 11.8. The van der Waals surface area contributed by atoms with E-state index in [4.69, 9.17) is 0 Å². The number of likely N-dealkylation sites (tertiary alicyclic amines) is 1. The summed E-state index contributed by atoms with van der Waals surface area (Å²) >= 11 is 0. The van der Waals surface area contributed by atoms with Gasteiger partial charge in [-0.15, -0.1) is 0 Å².